The molecule has 0 bridgehead atoms. The van der Waals surface area contributed by atoms with Gasteiger partial charge in [0.1, 0.15) is 5.75 Å². The molecule has 1 aliphatic rings. The van der Waals surface area contributed by atoms with E-state index in [9.17, 15) is 19.2 Å². The Morgan fingerprint density at radius 2 is 1.66 bits per heavy atom. The number of aliphatic imine (C=N–C) groups is 1. The molecule has 2 aromatic carbocycles. The molecular weight excluding hydrogens is 454 g/mol. The Kier molecular flexibility index (Phi) is 8.19. The van der Waals surface area contributed by atoms with E-state index in [0.717, 1.165) is 5.56 Å². The van der Waals surface area contributed by atoms with Gasteiger partial charge < -0.3 is 26.4 Å². The van der Waals surface area contributed by atoms with E-state index in [2.05, 4.69) is 4.99 Å². The molecule has 184 valence electrons. The molecule has 10 heteroatoms. The summed E-state index contributed by atoms with van der Waals surface area (Å²) >= 11 is 0. The third-order valence-electron chi connectivity index (χ3n) is 5.73. The lowest BCUT2D eigenvalue weighted by Crippen LogP contribution is -2.22. The minimum Gasteiger partial charge on any atom is -0.481 e. The molecule has 0 radical (unpaired) electrons. The van der Waals surface area contributed by atoms with Crippen LogP contribution in [0, 0.1) is 5.92 Å². The number of rotatable bonds is 8. The molecule has 0 amide bonds. The summed E-state index contributed by atoms with van der Waals surface area (Å²) in [5.41, 5.74) is 13.4. The molecule has 0 spiro atoms. The van der Waals surface area contributed by atoms with Crippen LogP contribution < -0.4 is 16.2 Å². The number of nitrogens with zero attached hydrogens (tertiary/aromatic N) is 1. The topological polar surface area (TPSA) is 182 Å². The molecule has 0 saturated heterocycles. The standard InChI is InChI=1S/C25H27N3O7/c26-25(27)28-16-8-9-17-15(13-16)4-1-2-5-19-18(6-3-7-21(19)35-24(17)34)20(29)10-14(11-22(30)31)12-23(32)33/h3,6-9,13-14H,1-2,4-5,10-12H2,(H,30,31)(H,32,33)(H4,26,27,28). The number of carboxylic acids is 2. The minimum absolute atomic E-state index is 0.0903. The van der Waals surface area contributed by atoms with Crippen molar-refractivity contribution in [1.29, 1.82) is 0 Å². The first kappa shape index (κ1) is 25.4. The van der Waals surface area contributed by atoms with Crippen LogP contribution in [0.5, 0.6) is 5.75 Å². The van der Waals surface area contributed by atoms with E-state index in [-0.39, 0.29) is 23.9 Å². The molecule has 0 saturated carbocycles. The van der Waals surface area contributed by atoms with Gasteiger partial charge in [-0.15, -0.1) is 0 Å². The van der Waals surface area contributed by atoms with Crippen molar-refractivity contribution in [3.05, 3.63) is 58.7 Å². The summed E-state index contributed by atoms with van der Waals surface area (Å²) in [6.45, 7) is 0. The van der Waals surface area contributed by atoms with Gasteiger partial charge >= 0.3 is 17.9 Å². The second-order valence-corrected chi connectivity index (χ2v) is 8.45. The number of carboxylic acid groups (broad SMARTS) is 2. The van der Waals surface area contributed by atoms with Crippen LogP contribution in [0.4, 0.5) is 5.69 Å². The van der Waals surface area contributed by atoms with Gasteiger partial charge in [-0.05, 0) is 61.4 Å². The van der Waals surface area contributed by atoms with Crippen LogP contribution in [0.15, 0.2) is 41.4 Å². The van der Waals surface area contributed by atoms with Gasteiger partial charge in [0.25, 0.3) is 0 Å². The van der Waals surface area contributed by atoms with Crippen LogP contribution in [0.2, 0.25) is 0 Å². The maximum atomic E-state index is 13.1. The first-order valence-corrected chi connectivity index (χ1v) is 11.2. The molecule has 2 aromatic rings. The number of hydrogen-bond donors (Lipinski definition) is 4. The van der Waals surface area contributed by atoms with Gasteiger partial charge in [0, 0.05) is 30.4 Å². The second kappa shape index (κ2) is 11.3. The molecule has 3 rings (SSSR count). The van der Waals surface area contributed by atoms with Crippen molar-refractivity contribution >= 4 is 35.3 Å². The van der Waals surface area contributed by atoms with Gasteiger partial charge in [-0.25, -0.2) is 9.79 Å². The minimum atomic E-state index is -1.17. The fourth-order valence-corrected chi connectivity index (χ4v) is 4.24. The number of Topliss-reactive ketones (excluding diaryl/α,β-unsaturated/α-hetero) is 1. The fraction of sp³-hybridized carbons (Fsp3) is 0.320. The zero-order chi connectivity index (χ0) is 25.5. The number of aliphatic carboxylic acids is 2. The lowest BCUT2D eigenvalue weighted by Gasteiger charge is -2.19. The summed E-state index contributed by atoms with van der Waals surface area (Å²) in [4.78, 5) is 52.4. The number of guanidine groups is 1. The van der Waals surface area contributed by atoms with Crippen molar-refractivity contribution in [2.75, 3.05) is 0 Å². The van der Waals surface area contributed by atoms with Gasteiger partial charge in [-0.3, -0.25) is 14.4 Å². The van der Waals surface area contributed by atoms with E-state index < -0.39 is 36.7 Å². The van der Waals surface area contributed by atoms with Crippen molar-refractivity contribution < 1.29 is 34.1 Å². The molecular formula is C25H27N3O7. The number of nitrogens with two attached hydrogens (primary N) is 2. The first-order chi connectivity index (χ1) is 16.6. The lowest BCUT2D eigenvalue weighted by atomic mass is 9.89. The Bertz CT molecular complexity index is 1170. The maximum Gasteiger partial charge on any atom is 0.343 e. The van der Waals surface area contributed by atoms with Gasteiger partial charge in [0.15, 0.2) is 11.7 Å². The van der Waals surface area contributed by atoms with E-state index in [4.69, 9.17) is 26.4 Å². The van der Waals surface area contributed by atoms with E-state index in [1.165, 1.54) is 0 Å². The first-order valence-electron chi connectivity index (χ1n) is 11.2. The van der Waals surface area contributed by atoms with Gasteiger partial charge in [0.2, 0.25) is 0 Å². The Morgan fingerprint density at radius 3 is 2.31 bits per heavy atom. The number of carbonyl (C=O) groups excluding carboxylic acids is 2. The number of hydrogen-bond acceptors (Lipinski definition) is 6. The molecule has 0 atom stereocenters. The molecule has 0 aromatic heterocycles. The molecule has 0 unspecified atom stereocenters. The largest absolute Gasteiger partial charge is 0.481 e. The summed E-state index contributed by atoms with van der Waals surface area (Å²) < 4.78 is 5.68. The third kappa shape index (κ3) is 6.89. The predicted octanol–water partition coefficient (Wildman–Crippen LogP) is 2.83. The Hall–Kier alpha value is -4.21. The quantitative estimate of drug-likeness (QED) is 0.145. The van der Waals surface area contributed by atoms with Crippen LogP contribution in [0.3, 0.4) is 0 Å². The monoisotopic (exact) mass is 481 g/mol. The van der Waals surface area contributed by atoms with Crippen molar-refractivity contribution in [2.45, 2.75) is 44.9 Å². The molecule has 10 nitrogen and oxygen atoms in total. The van der Waals surface area contributed by atoms with E-state index in [0.29, 0.717) is 48.1 Å². The molecule has 1 heterocycles. The molecule has 1 aliphatic heterocycles. The van der Waals surface area contributed by atoms with Crippen LogP contribution >= 0.6 is 0 Å². The summed E-state index contributed by atoms with van der Waals surface area (Å²) in [5.74, 6) is -4.00. The van der Waals surface area contributed by atoms with E-state index in [1.807, 2.05) is 0 Å². The van der Waals surface area contributed by atoms with Crippen LogP contribution in [0.25, 0.3) is 0 Å². The number of benzene rings is 2. The highest BCUT2D eigenvalue weighted by molar-refractivity contribution is 5.99. The molecule has 6 N–H and O–H groups in total. The normalized spacial score (nSPS) is 13.2. The smallest absolute Gasteiger partial charge is 0.343 e. The van der Waals surface area contributed by atoms with Crippen LogP contribution in [-0.4, -0.2) is 39.9 Å². The predicted molar refractivity (Wildman–Crippen MR) is 127 cm³/mol. The SMILES string of the molecule is NC(N)=Nc1ccc2c(c1)CCCCc1c(cccc1C(=O)CC(CC(=O)O)CC(=O)O)OC2=O. The number of carbonyl (C=O) groups is 4. The van der Waals surface area contributed by atoms with Crippen molar-refractivity contribution in [1.82, 2.24) is 0 Å². The van der Waals surface area contributed by atoms with Gasteiger partial charge in [-0.1, -0.05) is 12.1 Å². The zero-order valence-electron chi connectivity index (χ0n) is 19.0. The Balaban J connectivity index is 1.91. The van der Waals surface area contributed by atoms with Crippen LogP contribution in [0.1, 0.15) is 63.9 Å². The van der Waals surface area contributed by atoms with Gasteiger partial charge in [-0.2, -0.15) is 0 Å². The molecule has 35 heavy (non-hydrogen) atoms. The summed E-state index contributed by atoms with van der Waals surface area (Å²) in [7, 11) is 0. The Labute approximate surface area is 201 Å². The third-order valence-corrected chi connectivity index (χ3v) is 5.73. The molecule has 0 aliphatic carbocycles. The number of ketones is 1. The highest BCUT2D eigenvalue weighted by Gasteiger charge is 2.25. The Morgan fingerprint density at radius 1 is 0.971 bits per heavy atom. The zero-order valence-corrected chi connectivity index (χ0v) is 19.0. The van der Waals surface area contributed by atoms with E-state index >= 15 is 0 Å². The van der Waals surface area contributed by atoms with Crippen molar-refractivity contribution in [2.24, 2.45) is 22.4 Å². The number of esters is 1. The molecule has 0 fully saturated rings. The summed E-state index contributed by atoms with van der Waals surface area (Å²) in [5, 5.41) is 18.2. The average Bonchev–Trinajstić information content (AvgIpc) is 2.75. The highest BCUT2D eigenvalue weighted by Crippen LogP contribution is 2.31. The maximum absolute atomic E-state index is 13.1. The summed E-state index contributed by atoms with van der Waals surface area (Å²) in [6, 6.07) is 9.72. The van der Waals surface area contributed by atoms with Gasteiger partial charge in [0.05, 0.1) is 11.3 Å². The highest BCUT2D eigenvalue weighted by atomic mass is 16.5. The number of ether oxygens (including phenoxy) is 1. The fourth-order valence-electron chi connectivity index (χ4n) is 4.24. The number of fused-ring (bicyclic) bond motifs is 2. The van der Waals surface area contributed by atoms with Crippen molar-refractivity contribution in [3.63, 3.8) is 0 Å². The lowest BCUT2D eigenvalue weighted by molar-refractivity contribution is -0.140. The summed E-state index contributed by atoms with van der Waals surface area (Å²) in [6.07, 6.45) is 1.34. The van der Waals surface area contributed by atoms with Crippen LogP contribution in [-0.2, 0) is 22.4 Å². The number of aryl methyl sites for hydroxylation is 1. The average molecular weight is 482 g/mol. The van der Waals surface area contributed by atoms with E-state index in [1.54, 1.807) is 36.4 Å². The second-order valence-electron chi connectivity index (χ2n) is 8.45. The van der Waals surface area contributed by atoms with Crippen molar-refractivity contribution in [3.8, 4) is 5.75 Å².